The van der Waals surface area contributed by atoms with Crippen molar-refractivity contribution in [3.05, 3.63) is 0 Å². The molecule has 0 saturated heterocycles. The minimum Gasteiger partial charge on any atom is -0.300 e. The van der Waals surface area contributed by atoms with Crippen molar-refractivity contribution in [3.63, 3.8) is 0 Å². The Hall–Kier alpha value is -0.0400. The highest BCUT2D eigenvalue weighted by atomic mass is 35.5. The lowest BCUT2D eigenvalue weighted by Crippen LogP contribution is -1.89. The number of hydrogen-bond donors (Lipinski definition) is 0. The van der Waals surface area contributed by atoms with Crippen molar-refractivity contribution in [2.45, 2.75) is 45.4 Å². The Labute approximate surface area is 74.1 Å². The molecule has 0 N–H and O–H groups in total. The average molecular weight is 177 g/mol. The fourth-order valence-electron chi connectivity index (χ4n) is 0.999. The van der Waals surface area contributed by atoms with E-state index in [4.69, 9.17) is 11.6 Å². The molecule has 0 bridgehead atoms. The van der Waals surface area contributed by atoms with Crippen molar-refractivity contribution in [2.75, 3.05) is 5.88 Å². The molecule has 66 valence electrons. The van der Waals surface area contributed by atoms with Crippen LogP contribution in [0.5, 0.6) is 0 Å². The number of rotatable bonds is 7. The molecule has 0 spiro atoms. The van der Waals surface area contributed by atoms with Gasteiger partial charge in [-0.05, 0) is 19.8 Å². The molecule has 0 aliphatic rings. The van der Waals surface area contributed by atoms with Gasteiger partial charge in [-0.25, -0.2) is 0 Å². The summed E-state index contributed by atoms with van der Waals surface area (Å²) in [5.74, 6) is 1.08. The van der Waals surface area contributed by atoms with Crippen molar-refractivity contribution in [1.82, 2.24) is 0 Å². The second-order valence-electron chi connectivity index (χ2n) is 2.91. The second-order valence-corrected chi connectivity index (χ2v) is 3.29. The summed E-state index contributed by atoms with van der Waals surface area (Å²) in [6.07, 6.45) is 6.53. The van der Waals surface area contributed by atoms with Gasteiger partial charge in [-0.3, -0.25) is 0 Å². The number of unbranched alkanes of at least 4 members (excludes halogenated alkanes) is 4. The largest absolute Gasteiger partial charge is 0.300 e. The fraction of sp³-hybridized carbons (Fsp3) is 0.889. The first-order chi connectivity index (χ1) is 5.27. The lowest BCUT2D eigenvalue weighted by molar-refractivity contribution is -0.117. The zero-order valence-electron chi connectivity index (χ0n) is 7.24. The molecule has 0 radical (unpaired) electrons. The van der Waals surface area contributed by atoms with E-state index in [1.807, 2.05) is 0 Å². The maximum absolute atomic E-state index is 10.5. The lowest BCUT2D eigenvalue weighted by Gasteiger charge is -1.97. The van der Waals surface area contributed by atoms with Crippen LogP contribution < -0.4 is 0 Å². The van der Waals surface area contributed by atoms with Crippen LogP contribution in [0.4, 0.5) is 0 Å². The number of alkyl halides is 1. The molecule has 2 heteroatoms. The van der Waals surface area contributed by atoms with E-state index in [9.17, 15) is 4.79 Å². The number of carbonyl (C=O) groups is 1. The SMILES string of the molecule is CC(=O)CCCCCCCCl. The van der Waals surface area contributed by atoms with Gasteiger partial charge in [-0.1, -0.05) is 19.3 Å². The van der Waals surface area contributed by atoms with Crippen molar-refractivity contribution in [1.29, 1.82) is 0 Å². The van der Waals surface area contributed by atoms with Gasteiger partial charge in [-0.15, -0.1) is 11.6 Å². The van der Waals surface area contributed by atoms with E-state index in [0.717, 1.165) is 25.1 Å². The van der Waals surface area contributed by atoms with Gasteiger partial charge in [0.1, 0.15) is 5.78 Å². The third kappa shape index (κ3) is 9.96. The quantitative estimate of drug-likeness (QED) is 0.430. The molecule has 0 aliphatic carbocycles. The van der Waals surface area contributed by atoms with Crippen LogP contribution in [0, 0.1) is 0 Å². The summed E-state index contributed by atoms with van der Waals surface area (Å²) in [6, 6.07) is 0. The molecule has 0 unspecified atom stereocenters. The smallest absolute Gasteiger partial charge is 0.129 e. The highest BCUT2D eigenvalue weighted by molar-refractivity contribution is 6.17. The Kier molecular flexibility index (Phi) is 8.03. The molecule has 0 saturated carbocycles. The van der Waals surface area contributed by atoms with E-state index in [1.54, 1.807) is 6.92 Å². The fourth-order valence-corrected chi connectivity index (χ4v) is 1.19. The Morgan fingerprint density at radius 1 is 1.09 bits per heavy atom. The van der Waals surface area contributed by atoms with E-state index in [-0.39, 0.29) is 0 Å². The van der Waals surface area contributed by atoms with E-state index < -0.39 is 0 Å². The van der Waals surface area contributed by atoms with Gasteiger partial charge in [0, 0.05) is 12.3 Å². The molecule has 0 aromatic heterocycles. The van der Waals surface area contributed by atoms with Crippen LogP contribution in [-0.4, -0.2) is 11.7 Å². The molecule has 1 nitrogen and oxygen atoms in total. The number of halogens is 1. The van der Waals surface area contributed by atoms with Gasteiger partial charge in [-0.2, -0.15) is 0 Å². The molecule has 0 atom stereocenters. The highest BCUT2D eigenvalue weighted by Gasteiger charge is 1.93. The van der Waals surface area contributed by atoms with Crippen molar-refractivity contribution in [2.24, 2.45) is 0 Å². The third-order valence-electron chi connectivity index (χ3n) is 1.66. The summed E-state index contributed by atoms with van der Waals surface area (Å²) in [4.78, 5) is 10.5. The van der Waals surface area contributed by atoms with Gasteiger partial charge in [0.25, 0.3) is 0 Å². The first-order valence-corrected chi connectivity index (χ1v) is 4.86. The van der Waals surface area contributed by atoms with Crippen LogP contribution in [0.2, 0.25) is 0 Å². The average Bonchev–Trinajstić information content (AvgIpc) is 1.96. The molecule has 11 heavy (non-hydrogen) atoms. The van der Waals surface area contributed by atoms with E-state index in [0.29, 0.717) is 5.78 Å². The van der Waals surface area contributed by atoms with Gasteiger partial charge in [0.15, 0.2) is 0 Å². The molecule has 0 heterocycles. The van der Waals surface area contributed by atoms with Crippen molar-refractivity contribution >= 4 is 17.4 Å². The monoisotopic (exact) mass is 176 g/mol. The predicted octanol–water partition coefficient (Wildman–Crippen LogP) is 3.15. The van der Waals surface area contributed by atoms with Gasteiger partial charge < -0.3 is 4.79 Å². The Bertz CT molecular complexity index is 102. The second kappa shape index (κ2) is 8.06. The van der Waals surface area contributed by atoms with E-state index >= 15 is 0 Å². The molecule has 0 aromatic rings. The minimum absolute atomic E-state index is 0.308. The predicted molar refractivity (Wildman–Crippen MR) is 49.1 cm³/mol. The van der Waals surface area contributed by atoms with Crippen LogP contribution in [0.1, 0.15) is 45.4 Å². The van der Waals surface area contributed by atoms with Crippen LogP contribution in [0.15, 0.2) is 0 Å². The zero-order valence-corrected chi connectivity index (χ0v) is 7.99. The maximum Gasteiger partial charge on any atom is 0.129 e. The third-order valence-corrected chi connectivity index (χ3v) is 1.93. The Balaban J connectivity index is 2.85. The summed E-state index contributed by atoms with van der Waals surface area (Å²) >= 11 is 5.51. The number of Topliss-reactive ketones (excluding diaryl/α,β-unsaturated/α-hetero) is 1. The Morgan fingerprint density at radius 3 is 2.18 bits per heavy atom. The highest BCUT2D eigenvalue weighted by Crippen LogP contribution is 2.05. The summed E-state index contributed by atoms with van der Waals surface area (Å²) < 4.78 is 0. The summed E-state index contributed by atoms with van der Waals surface area (Å²) in [6.45, 7) is 1.65. The van der Waals surface area contributed by atoms with Crippen molar-refractivity contribution in [3.8, 4) is 0 Å². The maximum atomic E-state index is 10.5. The van der Waals surface area contributed by atoms with Crippen LogP contribution in [-0.2, 0) is 4.79 Å². The molecule has 0 fully saturated rings. The number of carbonyl (C=O) groups excluding carboxylic acids is 1. The molecule has 0 aliphatic heterocycles. The molecular formula is C9H17ClO. The topological polar surface area (TPSA) is 17.1 Å². The van der Waals surface area contributed by atoms with E-state index in [2.05, 4.69) is 0 Å². The number of hydrogen-bond acceptors (Lipinski definition) is 1. The van der Waals surface area contributed by atoms with Gasteiger partial charge in [0.05, 0.1) is 0 Å². The van der Waals surface area contributed by atoms with Crippen molar-refractivity contribution < 1.29 is 4.79 Å². The van der Waals surface area contributed by atoms with E-state index in [1.165, 1.54) is 19.3 Å². The van der Waals surface area contributed by atoms with Crippen LogP contribution in [0.25, 0.3) is 0 Å². The van der Waals surface area contributed by atoms with Crippen LogP contribution in [0.3, 0.4) is 0 Å². The molecule has 0 amide bonds. The first kappa shape index (κ1) is 11.0. The zero-order chi connectivity index (χ0) is 8.53. The Morgan fingerprint density at radius 2 is 1.64 bits per heavy atom. The van der Waals surface area contributed by atoms with Gasteiger partial charge >= 0.3 is 0 Å². The lowest BCUT2D eigenvalue weighted by atomic mass is 10.1. The molecular weight excluding hydrogens is 160 g/mol. The van der Waals surface area contributed by atoms with Gasteiger partial charge in [0.2, 0.25) is 0 Å². The standard InChI is InChI=1S/C9H17ClO/c1-9(11)7-5-3-2-4-6-8-10/h2-8H2,1H3. The normalized spacial score (nSPS) is 10.0. The summed E-state index contributed by atoms with van der Waals surface area (Å²) in [5.41, 5.74) is 0. The van der Waals surface area contributed by atoms with Crippen LogP contribution >= 0.6 is 11.6 Å². The minimum atomic E-state index is 0.308. The summed E-state index contributed by atoms with van der Waals surface area (Å²) in [7, 11) is 0. The summed E-state index contributed by atoms with van der Waals surface area (Å²) in [5, 5.41) is 0. The first-order valence-electron chi connectivity index (χ1n) is 4.32. The molecule has 0 aromatic carbocycles. The molecule has 0 rings (SSSR count). The number of ketones is 1.